The van der Waals surface area contributed by atoms with E-state index in [4.69, 9.17) is 19.3 Å². The summed E-state index contributed by atoms with van der Waals surface area (Å²) in [5, 5.41) is 7.66. The second-order valence-electron chi connectivity index (χ2n) is 6.89. The van der Waals surface area contributed by atoms with Crippen LogP contribution >= 0.6 is 0 Å². The Labute approximate surface area is 186 Å². The van der Waals surface area contributed by atoms with Gasteiger partial charge in [0.25, 0.3) is 5.91 Å². The SMILES string of the molecule is COc1ccc(OC)c(-c2nn(-c3ccccc3)cc2C(=O)Nc2ccccc2OC)c1. The topological polar surface area (TPSA) is 74.6 Å². The first-order chi connectivity index (χ1) is 15.6. The average Bonchev–Trinajstić information content (AvgIpc) is 3.30. The fourth-order valence-corrected chi connectivity index (χ4v) is 3.39. The third-order valence-electron chi connectivity index (χ3n) is 5.00. The second kappa shape index (κ2) is 9.26. The van der Waals surface area contributed by atoms with E-state index in [0.717, 1.165) is 5.69 Å². The molecule has 0 saturated heterocycles. The smallest absolute Gasteiger partial charge is 0.259 e. The number of carbonyl (C=O) groups is 1. The Kier molecular flexibility index (Phi) is 6.07. The van der Waals surface area contributed by atoms with Crippen LogP contribution in [-0.2, 0) is 0 Å². The number of nitrogens with one attached hydrogen (secondary N) is 1. The fourth-order valence-electron chi connectivity index (χ4n) is 3.39. The number of aromatic nitrogens is 2. The van der Waals surface area contributed by atoms with Gasteiger partial charge in [-0.3, -0.25) is 4.79 Å². The Hall–Kier alpha value is -4.26. The van der Waals surface area contributed by atoms with Crippen LogP contribution < -0.4 is 19.5 Å². The predicted molar refractivity (Wildman–Crippen MR) is 123 cm³/mol. The Morgan fingerprint density at radius 1 is 0.844 bits per heavy atom. The van der Waals surface area contributed by atoms with Crippen molar-refractivity contribution in [1.82, 2.24) is 9.78 Å². The largest absolute Gasteiger partial charge is 0.497 e. The molecular weight excluding hydrogens is 406 g/mol. The standard InChI is InChI=1S/C25H23N3O4/c1-30-18-13-14-22(31-2)19(15-18)24-20(16-28(27-24)17-9-5-4-6-10-17)25(29)26-21-11-7-8-12-23(21)32-3/h4-16H,1-3H3,(H,26,29). The molecule has 0 atom stereocenters. The molecule has 1 N–H and O–H groups in total. The molecule has 1 heterocycles. The highest BCUT2D eigenvalue weighted by molar-refractivity contribution is 6.09. The highest BCUT2D eigenvalue weighted by atomic mass is 16.5. The van der Waals surface area contributed by atoms with Crippen molar-refractivity contribution in [2.45, 2.75) is 0 Å². The van der Waals surface area contributed by atoms with Gasteiger partial charge in [0, 0.05) is 11.8 Å². The summed E-state index contributed by atoms with van der Waals surface area (Å²) in [6, 6.07) is 22.2. The molecule has 1 amide bonds. The molecular formula is C25H23N3O4. The van der Waals surface area contributed by atoms with E-state index < -0.39 is 0 Å². The van der Waals surface area contributed by atoms with Gasteiger partial charge in [0.1, 0.15) is 22.9 Å². The number of carbonyl (C=O) groups excluding carboxylic acids is 1. The number of nitrogens with zero attached hydrogens (tertiary/aromatic N) is 2. The molecule has 32 heavy (non-hydrogen) atoms. The summed E-state index contributed by atoms with van der Waals surface area (Å²) in [5.74, 6) is 1.45. The number of hydrogen-bond acceptors (Lipinski definition) is 5. The van der Waals surface area contributed by atoms with Crippen LogP contribution in [-0.4, -0.2) is 37.0 Å². The maximum atomic E-state index is 13.4. The summed E-state index contributed by atoms with van der Waals surface area (Å²) in [6.45, 7) is 0. The number of para-hydroxylation sites is 3. The van der Waals surface area contributed by atoms with Crippen LogP contribution in [0.4, 0.5) is 5.69 Å². The van der Waals surface area contributed by atoms with Crippen LogP contribution in [0.5, 0.6) is 17.2 Å². The highest BCUT2D eigenvalue weighted by Gasteiger charge is 2.22. The van der Waals surface area contributed by atoms with E-state index in [1.165, 1.54) is 0 Å². The van der Waals surface area contributed by atoms with E-state index in [2.05, 4.69) is 5.32 Å². The molecule has 0 spiro atoms. The van der Waals surface area contributed by atoms with Gasteiger partial charge >= 0.3 is 0 Å². The van der Waals surface area contributed by atoms with Gasteiger partial charge < -0.3 is 19.5 Å². The molecule has 0 radical (unpaired) electrons. The van der Waals surface area contributed by atoms with E-state index in [9.17, 15) is 4.79 Å². The molecule has 0 aliphatic rings. The minimum Gasteiger partial charge on any atom is -0.497 e. The number of benzene rings is 3. The van der Waals surface area contributed by atoms with E-state index in [1.807, 2.05) is 42.5 Å². The van der Waals surface area contributed by atoms with Crippen LogP contribution in [0, 0.1) is 0 Å². The Morgan fingerprint density at radius 2 is 1.56 bits per heavy atom. The Bertz CT molecular complexity index is 1240. The van der Waals surface area contributed by atoms with Crippen molar-refractivity contribution in [2.75, 3.05) is 26.6 Å². The molecule has 4 rings (SSSR count). The molecule has 162 valence electrons. The molecule has 0 aliphatic heterocycles. The normalized spacial score (nSPS) is 10.5. The number of hydrogen-bond donors (Lipinski definition) is 1. The second-order valence-corrected chi connectivity index (χ2v) is 6.89. The molecule has 1 aromatic heterocycles. The van der Waals surface area contributed by atoms with Gasteiger partial charge in [0.2, 0.25) is 0 Å². The summed E-state index contributed by atoms with van der Waals surface area (Å²) < 4.78 is 18.0. The minimum absolute atomic E-state index is 0.323. The zero-order valence-electron chi connectivity index (χ0n) is 18.0. The number of amides is 1. The summed E-state index contributed by atoms with van der Waals surface area (Å²) in [4.78, 5) is 13.4. The number of methoxy groups -OCH3 is 3. The predicted octanol–water partition coefficient (Wildman–Crippen LogP) is 4.82. The van der Waals surface area contributed by atoms with Crippen LogP contribution in [0.3, 0.4) is 0 Å². The van der Waals surface area contributed by atoms with E-state index >= 15 is 0 Å². The first-order valence-electron chi connectivity index (χ1n) is 9.96. The molecule has 0 unspecified atom stereocenters. The Morgan fingerprint density at radius 3 is 2.28 bits per heavy atom. The monoisotopic (exact) mass is 429 g/mol. The molecule has 0 bridgehead atoms. The molecule has 7 heteroatoms. The fraction of sp³-hybridized carbons (Fsp3) is 0.120. The third-order valence-corrected chi connectivity index (χ3v) is 5.00. The van der Waals surface area contributed by atoms with Gasteiger partial charge in [0.15, 0.2) is 0 Å². The van der Waals surface area contributed by atoms with Crippen molar-refractivity contribution in [3.8, 4) is 34.2 Å². The average molecular weight is 429 g/mol. The summed E-state index contributed by atoms with van der Waals surface area (Å²) in [6.07, 6.45) is 1.70. The van der Waals surface area contributed by atoms with E-state index in [1.54, 1.807) is 62.5 Å². The highest BCUT2D eigenvalue weighted by Crippen LogP contribution is 2.35. The number of ether oxygens (including phenoxy) is 3. The van der Waals surface area contributed by atoms with Gasteiger partial charge in [-0.05, 0) is 42.5 Å². The molecule has 3 aromatic carbocycles. The third kappa shape index (κ3) is 4.13. The Balaban J connectivity index is 1.84. The van der Waals surface area contributed by atoms with E-state index in [-0.39, 0.29) is 5.91 Å². The first-order valence-corrected chi connectivity index (χ1v) is 9.96. The lowest BCUT2D eigenvalue weighted by Gasteiger charge is -2.12. The van der Waals surface area contributed by atoms with Crippen LogP contribution in [0.25, 0.3) is 16.9 Å². The zero-order chi connectivity index (χ0) is 22.5. The van der Waals surface area contributed by atoms with Crippen molar-refractivity contribution < 1.29 is 19.0 Å². The van der Waals surface area contributed by atoms with Gasteiger partial charge in [-0.15, -0.1) is 0 Å². The van der Waals surface area contributed by atoms with Crippen molar-refractivity contribution in [3.63, 3.8) is 0 Å². The van der Waals surface area contributed by atoms with Crippen molar-refractivity contribution >= 4 is 11.6 Å². The molecule has 0 saturated carbocycles. The van der Waals surface area contributed by atoms with Crippen LogP contribution in [0.2, 0.25) is 0 Å². The molecule has 0 fully saturated rings. The summed E-state index contributed by atoms with van der Waals surface area (Å²) in [7, 11) is 4.72. The first kappa shape index (κ1) is 21.0. The molecule has 0 aliphatic carbocycles. The van der Waals surface area contributed by atoms with Gasteiger partial charge in [-0.1, -0.05) is 30.3 Å². The number of rotatable bonds is 7. The quantitative estimate of drug-likeness (QED) is 0.456. The molecule has 7 nitrogen and oxygen atoms in total. The van der Waals surface area contributed by atoms with Crippen LogP contribution in [0.15, 0.2) is 79.0 Å². The van der Waals surface area contributed by atoms with Gasteiger partial charge in [-0.2, -0.15) is 5.10 Å². The zero-order valence-corrected chi connectivity index (χ0v) is 18.0. The molecule has 4 aromatic rings. The van der Waals surface area contributed by atoms with Crippen molar-refractivity contribution in [2.24, 2.45) is 0 Å². The lowest BCUT2D eigenvalue weighted by molar-refractivity contribution is 0.102. The number of anilines is 1. The van der Waals surface area contributed by atoms with Crippen molar-refractivity contribution in [1.29, 1.82) is 0 Å². The van der Waals surface area contributed by atoms with E-state index in [0.29, 0.717) is 39.8 Å². The lowest BCUT2D eigenvalue weighted by Crippen LogP contribution is -2.13. The lowest BCUT2D eigenvalue weighted by atomic mass is 10.1. The summed E-state index contributed by atoms with van der Waals surface area (Å²) in [5.41, 5.74) is 2.89. The maximum absolute atomic E-state index is 13.4. The van der Waals surface area contributed by atoms with Crippen molar-refractivity contribution in [3.05, 3.63) is 84.6 Å². The van der Waals surface area contributed by atoms with Gasteiger partial charge in [-0.25, -0.2) is 4.68 Å². The van der Waals surface area contributed by atoms with Crippen LogP contribution in [0.1, 0.15) is 10.4 Å². The minimum atomic E-state index is -0.323. The van der Waals surface area contributed by atoms with Gasteiger partial charge in [0.05, 0.1) is 38.3 Å². The summed E-state index contributed by atoms with van der Waals surface area (Å²) >= 11 is 0. The maximum Gasteiger partial charge on any atom is 0.259 e.